The Labute approximate surface area is 513 Å². The SMILES string of the molecule is CC/C=C\C/C=C\C/C=C\C/C=C\C/C=C\C/C=C\CCCCCCCCC(=O)OCC(COC(=O)CCCCCCC/C=C\C/C=C\C/C=C\CC)OC(=O)CCCCCCCCCCCCCCC/C=C\CCCCCCCCCC. The van der Waals surface area contributed by atoms with E-state index in [1.807, 2.05) is 0 Å². The smallest absolute Gasteiger partial charge is 0.306 e. The first-order valence-corrected chi connectivity index (χ1v) is 35.0. The summed E-state index contributed by atoms with van der Waals surface area (Å²) < 4.78 is 17.0. The van der Waals surface area contributed by atoms with Crippen LogP contribution in [0.2, 0.25) is 0 Å². The van der Waals surface area contributed by atoms with E-state index in [4.69, 9.17) is 14.2 Å². The van der Waals surface area contributed by atoms with Crippen LogP contribution >= 0.6 is 0 Å². The third-order valence-electron chi connectivity index (χ3n) is 14.9. The normalized spacial score (nSPS) is 12.9. The molecule has 0 bridgehead atoms. The van der Waals surface area contributed by atoms with Crippen LogP contribution in [-0.2, 0) is 28.6 Å². The fourth-order valence-electron chi connectivity index (χ4n) is 9.75. The number of hydrogen-bond donors (Lipinski definition) is 0. The maximum absolute atomic E-state index is 13.0. The van der Waals surface area contributed by atoms with Crippen LogP contribution < -0.4 is 0 Å². The first-order valence-electron chi connectivity index (χ1n) is 35.0. The highest BCUT2D eigenvalue weighted by atomic mass is 16.6. The Morgan fingerprint density at radius 2 is 0.470 bits per heavy atom. The van der Waals surface area contributed by atoms with Crippen LogP contribution in [0.4, 0.5) is 0 Å². The number of carbonyl (C=O) groups excluding carboxylic acids is 3. The molecule has 6 heteroatoms. The Balaban J connectivity index is 4.38. The lowest BCUT2D eigenvalue weighted by atomic mass is 10.0. The Hall–Kier alpha value is -4.19. The van der Waals surface area contributed by atoms with E-state index in [0.29, 0.717) is 19.3 Å². The minimum Gasteiger partial charge on any atom is -0.462 e. The lowest BCUT2D eigenvalue weighted by molar-refractivity contribution is -0.167. The first kappa shape index (κ1) is 78.8. The van der Waals surface area contributed by atoms with E-state index in [2.05, 4.69) is 142 Å². The van der Waals surface area contributed by atoms with Crippen molar-refractivity contribution in [1.29, 1.82) is 0 Å². The molecule has 6 nitrogen and oxygen atoms in total. The fourth-order valence-corrected chi connectivity index (χ4v) is 9.75. The van der Waals surface area contributed by atoms with Gasteiger partial charge in [-0.2, -0.15) is 0 Å². The predicted molar refractivity (Wildman–Crippen MR) is 362 cm³/mol. The highest BCUT2D eigenvalue weighted by Crippen LogP contribution is 2.17. The zero-order chi connectivity index (χ0) is 59.9. The highest BCUT2D eigenvalue weighted by molar-refractivity contribution is 5.71. The zero-order valence-corrected chi connectivity index (χ0v) is 54.4. The van der Waals surface area contributed by atoms with Crippen LogP contribution in [0.5, 0.6) is 0 Å². The average molecular weight is 1150 g/mol. The molecule has 0 saturated heterocycles. The van der Waals surface area contributed by atoms with Crippen molar-refractivity contribution in [2.24, 2.45) is 0 Å². The minimum atomic E-state index is -0.797. The Bertz CT molecular complexity index is 1700. The molecular weight excluding hydrogens is 1020 g/mol. The van der Waals surface area contributed by atoms with Crippen LogP contribution in [-0.4, -0.2) is 37.2 Å². The number of unbranched alkanes of at least 4 members (excludes halogenated alkanes) is 32. The van der Waals surface area contributed by atoms with Crippen molar-refractivity contribution < 1.29 is 28.6 Å². The molecule has 0 fully saturated rings. The molecule has 0 N–H and O–H groups in total. The summed E-state index contributed by atoms with van der Waals surface area (Å²) in [6.07, 6.45) is 97.9. The summed E-state index contributed by atoms with van der Waals surface area (Å²) in [5, 5.41) is 0. The van der Waals surface area contributed by atoms with E-state index in [1.54, 1.807) is 0 Å². The van der Waals surface area contributed by atoms with Gasteiger partial charge in [-0.3, -0.25) is 14.4 Å². The van der Waals surface area contributed by atoms with Crippen molar-refractivity contribution >= 4 is 17.9 Å². The number of rotatable bonds is 63. The van der Waals surface area contributed by atoms with Crippen molar-refractivity contribution in [2.45, 2.75) is 335 Å². The van der Waals surface area contributed by atoms with Gasteiger partial charge in [0.1, 0.15) is 13.2 Å². The molecular formula is C77H130O6. The Morgan fingerprint density at radius 3 is 0.747 bits per heavy atom. The molecule has 0 heterocycles. The third kappa shape index (κ3) is 68.5. The van der Waals surface area contributed by atoms with Crippen LogP contribution in [0.15, 0.2) is 122 Å². The predicted octanol–water partition coefficient (Wildman–Crippen LogP) is 24.3. The second-order valence-electron chi connectivity index (χ2n) is 23.0. The van der Waals surface area contributed by atoms with E-state index in [9.17, 15) is 14.4 Å². The summed E-state index contributed by atoms with van der Waals surface area (Å²) >= 11 is 0. The lowest BCUT2D eigenvalue weighted by Gasteiger charge is -2.18. The van der Waals surface area contributed by atoms with E-state index < -0.39 is 6.10 Å². The largest absolute Gasteiger partial charge is 0.462 e. The molecule has 0 aliphatic carbocycles. The highest BCUT2D eigenvalue weighted by Gasteiger charge is 2.19. The Kier molecular flexibility index (Phi) is 66.7. The standard InChI is InChI=1S/C77H130O6/c1-4-7-10-13-16-19-22-25-28-30-32-34-36-38-40-42-44-46-49-52-55-58-61-64-67-70-76(79)82-73-74(72-81-75(78)69-66-63-60-57-54-51-48-27-24-21-18-15-12-9-6-3)83-77(80)71-68-65-62-59-56-53-50-47-45-43-41-39-37-35-33-31-29-26-23-20-17-14-11-8-5-2/h7,9-10,12,16,18-19,21,25,27-28,31-34,38,40,44,46,48,74H,4-6,8,11,13-15,17,20,22-24,26,29-30,35-37,39,41-43,45,47,49-73H2,1-3H3/b10-7-,12-9-,19-16-,21-18-,28-25-,33-31-,34-32-,40-38-,46-44-,48-27-. The number of carbonyl (C=O) groups is 3. The van der Waals surface area contributed by atoms with Gasteiger partial charge < -0.3 is 14.2 Å². The van der Waals surface area contributed by atoms with Gasteiger partial charge in [0.2, 0.25) is 0 Å². The molecule has 0 aromatic rings. The number of ether oxygens (including phenoxy) is 3. The maximum Gasteiger partial charge on any atom is 0.306 e. The van der Waals surface area contributed by atoms with Crippen molar-refractivity contribution in [3.05, 3.63) is 122 Å². The van der Waals surface area contributed by atoms with Gasteiger partial charge in [-0.15, -0.1) is 0 Å². The van der Waals surface area contributed by atoms with E-state index in [1.165, 1.54) is 141 Å². The zero-order valence-electron chi connectivity index (χ0n) is 54.4. The lowest BCUT2D eigenvalue weighted by Crippen LogP contribution is -2.30. The molecule has 0 saturated carbocycles. The third-order valence-corrected chi connectivity index (χ3v) is 14.9. The maximum atomic E-state index is 13.0. The van der Waals surface area contributed by atoms with Gasteiger partial charge in [-0.05, 0) is 128 Å². The summed E-state index contributed by atoms with van der Waals surface area (Å²) in [6.45, 7) is 6.42. The second-order valence-corrected chi connectivity index (χ2v) is 23.0. The van der Waals surface area contributed by atoms with Crippen LogP contribution in [0.25, 0.3) is 0 Å². The fraction of sp³-hybridized carbons (Fsp3) is 0.701. The van der Waals surface area contributed by atoms with Crippen molar-refractivity contribution in [3.8, 4) is 0 Å². The van der Waals surface area contributed by atoms with Gasteiger partial charge in [-0.25, -0.2) is 0 Å². The van der Waals surface area contributed by atoms with Gasteiger partial charge in [-0.1, -0.05) is 303 Å². The molecule has 0 radical (unpaired) electrons. The molecule has 0 aromatic heterocycles. The van der Waals surface area contributed by atoms with E-state index >= 15 is 0 Å². The monoisotopic (exact) mass is 1150 g/mol. The van der Waals surface area contributed by atoms with Crippen LogP contribution in [0.3, 0.4) is 0 Å². The molecule has 83 heavy (non-hydrogen) atoms. The quantitative estimate of drug-likeness (QED) is 0.0261. The first-order chi connectivity index (χ1) is 41.0. The summed E-state index contributed by atoms with van der Waals surface area (Å²) in [4.78, 5) is 38.5. The van der Waals surface area contributed by atoms with Crippen molar-refractivity contribution in [2.75, 3.05) is 13.2 Å². The molecule has 0 spiro atoms. The van der Waals surface area contributed by atoms with Gasteiger partial charge in [0.15, 0.2) is 6.10 Å². The number of hydrogen-bond acceptors (Lipinski definition) is 6. The topological polar surface area (TPSA) is 78.9 Å². The average Bonchev–Trinajstić information content (AvgIpc) is 3.49. The molecule has 1 unspecified atom stereocenters. The molecule has 0 aliphatic rings. The van der Waals surface area contributed by atoms with Crippen LogP contribution in [0.1, 0.15) is 329 Å². The Morgan fingerprint density at radius 1 is 0.253 bits per heavy atom. The van der Waals surface area contributed by atoms with Gasteiger partial charge in [0, 0.05) is 19.3 Å². The van der Waals surface area contributed by atoms with Gasteiger partial charge in [0.25, 0.3) is 0 Å². The van der Waals surface area contributed by atoms with Gasteiger partial charge in [0.05, 0.1) is 0 Å². The molecule has 474 valence electrons. The van der Waals surface area contributed by atoms with Gasteiger partial charge >= 0.3 is 17.9 Å². The molecule has 0 aliphatic heterocycles. The number of esters is 3. The minimum absolute atomic E-state index is 0.0927. The van der Waals surface area contributed by atoms with E-state index in [-0.39, 0.29) is 31.1 Å². The van der Waals surface area contributed by atoms with Crippen molar-refractivity contribution in [1.82, 2.24) is 0 Å². The second kappa shape index (κ2) is 70.3. The molecule has 1 atom stereocenters. The van der Waals surface area contributed by atoms with Crippen molar-refractivity contribution in [3.63, 3.8) is 0 Å². The molecule has 0 rings (SSSR count). The summed E-state index contributed by atoms with van der Waals surface area (Å²) in [6, 6.07) is 0. The van der Waals surface area contributed by atoms with E-state index in [0.717, 1.165) is 148 Å². The summed E-state index contributed by atoms with van der Waals surface area (Å²) in [7, 11) is 0. The molecule has 0 amide bonds. The summed E-state index contributed by atoms with van der Waals surface area (Å²) in [5.74, 6) is -0.913. The van der Waals surface area contributed by atoms with Crippen LogP contribution in [0, 0.1) is 0 Å². The number of allylic oxidation sites excluding steroid dienone is 20. The molecule has 0 aromatic carbocycles. The summed E-state index contributed by atoms with van der Waals surface area (Å²) in [5.41, 5.74) is 0.